The molecule has 0 aromatic carbocycles. The minimum atomic E-state index is 0.632. The molecule has 5 rings (SSSR count). The number of nitrogens with one attached hydrogen (secondary N) is 1. The smallest absolute Gasteiger partial charge is 0.195 e. The Morgan fingerprint density at radius 2 is 1.85 bits per heavy atom. The summed E-state index contributed by atoms with van der Waals surface area (Å²) in [5, 5.41) is 7.62. The zero-order valence-electron chi connectivity index (χ0n) is 12.0. The van der Waals surface area contributed by atoms with Gasteiger partial charge in [-0.05, 0) is 68.0 Å². The van der Waals surface area contributed by atoms with E-state index in [0.717, 1.165) is 35.0 Å². The van der Waals surface area contributed by atoms with E-state index in [1.807, 2.05) is 0 Å². The van der Waals surface area contributed by atoms with Gasteiger partial charge >= 0.3 is 0 Å². The number of methoxy groups -OCH3 is 1. The summed E-state index contributed by atoms with van der Waals surface area (Å²) in [5.74, 6) is 5.54. The van der Waals surface area contributed by atoms with E-state index < -0.39 is 0 Å². The lowest BCUT2D eigenvalue weighted by atomic mass is 9.51. The predicted octanol–water partition coefficient (Wildman–Crippen LogP) is 3.13. The summed E-state index contributed by atoms with van der Waals surface area (Å²) in [6.45, 7) is 1.53. The molecule has 4 bridgehead atoms. The lowest BCUT2D eigenvalue weighted by Crippen LogP contribution is -2.44. The van der Waals surface area contributed by atoms with Crippen molar-refractivity contribution in [3.05, 3.63) is 10.6 Å². The fourth-order valence-electron chi connectivity index (χ4n) is 5.33. The summed E-state index contributed by atoms with van der Waals surface area (Å²) in [6.07, 6.45) is 7.17. The van der Waals surface area contributed by atoms with E-state index in [-0.39, 0.29) is 0 Å². The highest BCUT2D eigenvalue weighted by Gasteiger charge is 2.50. The Kier molecular flexibility index (Phi) is 3.22. The van der Waals surface area contributed by atoms with Crippen LogP contribution < -0.4 is 0 Å². The van der Waals surface area contributed by atoms with E-state index in [4.69, 9.17) is 17.0 Å². The van der Waals surface area contributed by atoms with Gasteiger partial charge in [0.1, 0.15) is 5.82 Å². The number of hydrogen-bond donors (Lipinski definition) is 1. The zero-order valence-corrected chi connectivity index (χ0v) is 12.9. The maximum Gasteiger partial charge on any atom is 0.195 e. The molecule has 5 heteroatoms. The van der Waals surface area contributed by atoms with Crippen LogP contribution in [-0.2, 0) is 11.3 Å². The third-order valence-electron chi connectivity index (χ3n) is 5.83. The highest BCUT2D eigenvalue weighted by Crippen LogP contribution is 2.59. The number of ether oxygens (including phenoxy) is 1. The fraction of sp³-hybridized carbons (Fsp3) is 0.867. The van der Waals surface area contributed by atoms with Gasteiger partial charge in [0, 0.05) is 19.6 Å². The number of aromatic amines is 1. The first-order chi connectivity index (χ1) is 9.76. The first-order valence-corrected chi connectivity index (χ1v) is 8.31. The van der Waals surface area contributed by atoms with E-state index >= 15 is 0 Å². The molecule has 4 fully saturated rings. The number of aromatic nitrogens is 3. The molecule has 1 aromatic rings. The van der Waals surface area contributed by atoms with Crippen LogP contribution in [0.2, 0.25) is 0 Å². The summed E-state index contributed by atoms with van der Waals surface area (Å²) in [6, 6.07) is 0. The zero-order chi connectivity index (χ0) is 13.7. The molecule has 0 unspecified atom stereocenters. The molecule has 4 saturated carbocycles. The highest BCUT2D eigenvalue weighted by atomic mass is 32.1. The largest absolute Gasteiger partial charge is 0.383 e. The van der Waals surface area contributed by atoms with Crippen molar-refractivity contribution in [1.82, 2.24) is 14.8 Å². The molecule has 0 amide bonds. The molecule has 4 nitrogen and oxygen atoms in total. The molecule has 1 N–H and O–H groups in total. The van der Waals surface area contributed by atoms with Crippen molar-refractivity contribution >= 4 is 12.2 Å². The van der Waals surface area contributed by atoms with Crippen LogP contribution in [0.1, 0.15) is 43.8 Å². The van der Waals surface area contributed by atoms with Gasteiger partial charge in [-0.3, -0.25) is 5.10 Å². The van der Waals surface area contributed by atoms with E-state index in [2.05, 4.69) is 14.8 Å². The van der Waals surface area contributed by atoms with Crippen LogP contribution in [0.15, 0.2) is 0 Å². The summed E-state index contributed by atoms with van der Waals surface area (Å²) < 4.78 is 8.16. The normalized spacial score (nSPS) is 38.5. The lowest BCUT2D eigenvalue weighted by Gasteiger charge is -2.54. The average Bonchev–Trinajstić information content (AvgIpc) is 2.77. The van der Waals surface area contributed by atoms with Crippen molar-refractivity contribution in [3.8, 4) is 0 Å². The topological polar surface area (TPSA) is 42.8 Å². The van der Waals surface area contributed by atoms with Crippen LogP contribution in [0.3, 0.4) is 0 Å². The van der Waals surface area contributed by atoms with Crippen molar-refractivity contribution in [2.24, 2.45) is 23.7 Å². The Morgan fingerprint density at radius 3 is 2.45 bits per heavy atom. The number of nitrogens with zero attached hydrogens (tertiary/aromatic N) is 2. The standard InChI is InChI=1S/C15H23N3OS/c1-19-3-2-18-14(16-17-15(18)20)13-11-5-9-4-10(7-11)8-12(13)6-9/h9-13H,2-8H2,1H3,(H,17,20). The lowest BCUT2D eigenvalue weighted by molar-refractivity contribution is -0.00719. The summed E-state index contributed by atoms with van der Waals surface area (Å²) in [5.41, 5.74) is 0. The van der Waals surface area contributed by atoms with E-state index in [1.165, 1.54) is 37.9 Å². The first-order valence-electron chi connectivity index (χ1n) is 7.90. The molecule has 0 atom stereocenters. The maximum atomic E-state index is 5.41. The molecule has 4 aliphatic carbocycles. The Hall–Kier alpha value is -0.680. The molecule has 0 spiro atoms. The second kappa shape index (κ2) is 4.95. The Labute approximate surface area is 124 Å². The molecular formula is C15H23N3OS. The molecular weight excluding hydrogens is 270 g/mol. The van der Waals surface area contributed by atoms with Crippen molar-refractivity contribution in [3.63, 3.8) is 0 Å². The molecule has 0 saturated heterocycles. The minimum absolute atomic E-state index is 0.632. The van der Waals surface area contributed by atoms with Gasteiger partial charge < -0.3 is 9.30 Å². The molecule has 20 heavy (non-hydrogen) atoms. The summed E-state index contributed by atoms with van der Waals surface area (Å²) in [4.78, 5) is 0. The Bertz CT molecular complexity index is 522. The van der Waals surface area contributed by atoms with Gasteiger partial charge in [0.05, 0.1) is 6.61 Å². The van der Waals surface area contributed by atoms with Gasteiger partial charge in [-0.1, -0.05) is 0 Å². The van der Waals surface area contributed by atoms with Crippen molar-refractivity contribution in [2.75, 3.05) is 13.7 Å². The average molecular weight is 293 g/mol. The quantitative estimate of drug-likeness (QED) is 0.867. The van der Waals surface area contributed by atoms with Gasteiger partial charge in [0.15, 0.2) is 4.77 Å². The molecule has 110 valence electrons. The van der Waals surface area contributed by atoms with Crippen LogP contribution in [0, 0.1) is 28.4 Å². The van der Waals surface area contributed by atoms with Gasteiger partial charge in [0.25, 0.3) is 0 Å². The van der Waals surface area contributed by atoms with E-state index in [1.54, 1.807) is 7.11 Å². The number of H-pyrrole nitrogens is 1. The summed E-state index contributed by atoms with van der Waals surface area (Å²) >= 11 is 5.41. The number of hydrogen-bond acceptors (Lipinski definition) is 3. The third kappa shape index (κ3) is 1.98. The second-order valence-electron chi connectivity index (χ2n) is 6.99. The predicted molar refractivity (Wildman–Crippen MR) is 79.1 cm³/mol. The molecule has 4 aliphatic rings. The minimum Gasteiger partial charge on any atom is -0.383 e. The maximum absolute atomic E-state index is 5.41. The van der Waals surface area contributed by atoms with Gasteiger partial charge in [-0.2, -0.15) is 5.10 Å². The summed E-state index contributed by atoms with van der Waals surface area (Å²) in [7, 11) is 1.74. The molecule has 0 aliphatic heterocycles. The van der Waals surface area contributed by atoms with Crippen molar-refractivity contribution in [1.29, 1.82) is 0 Å². The third-order valence-corrected chi connectivity index (χ3v) is 6.14. The van der Waals surface area contributed by atoms with E-state index in [0.29, 0.717) is 12.5 Å². The van der Waals surface area contributed by atoms with Crippen LogP contribution in [0.25, 0.3) is 0 Å². The second-order valence-corrected chi connectivity index (χ2v) is 7.37. The van der Waals surface area contributed by atoms with E-state index in [9.17, 15) is 0 Å². The SMILES string of the molecule is COCCn1c(C2C3CC4CC(C3)CC2C4)n[nH]c1=S. The van der Waals surface area contributed by atoms with Gasteiger partial charge in [-0.25, -0.2) is 0 Å². The van der Waals surface area contributed by atoms with Gasteiger partial charge in [0.2, 0.25) is 0 Å². The van der Waals surface area contributed by atoms with Gasteiger partial charge in [-0.15, -0.1) is 0 Å². The first kappa shape index (κ1) is 13.0. The Balaban J connectivity index is 1.66. The highest BCUT2D eigenvalue weighted by molar-refractivity contribution is 7.71. The fourth-order valence-corrected chi connectivity index (χ4v) is 5.56. The van der Waals surface area contributed by atoms with Crippen LogP contribution in [0.5, 0.6) is 0 Å². The van der Waals surface area contributed by atoms with Crippen LogP contribution in [-0.4, -0.2) is 28.5 Å². The Morgan fingerprint density at radius 1 is 1.20 bits per heavy atom. The monoisotopic (exact) mass is 293 g/mol. The number of rotatable bonds is 4. The molecule has 1 heterocycles. The molecule has 1 aromatic heterocycles. The molecule has 0 radical (unpaired) electrons. The van der Waals surface area contributed by atoms with Crippen LogP contribution >= 0.6 is 12.2 Å². The van der Waals surface area contributed by atoms with Crippen molar-refractivity contribution < 1.29 is 4.74 Å². The van der Waals surface area contributed by atoms with Crippen molar-refractivity contribution in [2.45, 2.75) is 44.6 Å². The van der Waals surface area contributed by atoms with Crippen LogP contribution in [0.4, 0.5) is 0 Å².